The third-order valence-electron chi connectivity index (χ3n) is 1.68. The number of rotatable bonds is 6. The highest BCUT2D eigenvalue weighted by Gasteiger charge is 1.93. The van der Waals surface area contributed by atoms with Crippen LogP contribution in [0.2, 0.25) is 0 Å². The zero-order valence-corrected chi connectivity index (χ0v) is 8.31. The molecule has 0 spiro atoms. The van der Waals surface area contributed by atoms with Crippen LogP contribution in [0.3, 0.4) is 0 Å². The summed E-state index contributed by atoms with van der Waals surface area (Å²) in [5, 5.41) is 13.6. The normalized spacial score (nSPS) is 9.77. The van der Waals surface area contributed by atoms with Crippen molar-refractivity contribution in [3.05, 3.63) is 16.6 Å². The van der Waals surface area contributed by atoms with Gasteiger partial charge in [-0.15, -0.1) is 11.3 Å². The molecule has 0 amide bonds. The Kier molecular flexibility index (Phi) is 5.14. The van der Waals surface area contributed by atoms with Gasteiger partial charge in [0, 0.05) is 18.3 Å². The van der Waals surface area contributed by atoms with E-state index >= 15 is 0 Å². The van der Waals surface area contributed by atoms with Crippen molar-refractivity contribution >= 4 is 11.3 Å². The average Bonchev–Trinajstić information content (AvgIpc) is 2.63. The molecule has 0 bridgehead atoms. The maximum Gasteiger partial charge on any atom is 0.0795 e. The molecule has 1 N–H and O–H groups in total. The number of thiazole rings is 1. The van der Waals surface area contributed by atoms with Crippen LogP contribution in [0, 0.1) is 11.3 Å². The van der Waals surface area contributed by atoms with E-state index in [2.05, 4.69) is 16.4 Å². The van der Waals surface area contributed by atoms with Crippen LogP contribution < -0.4 is 5.32 Å². The smallest absolute Gasteiger partial charge is 0.0795 e. The summed E-state index contributed by atoms with van der Waals surface area (Å²) in [6, 6.07) is 2.13. The predicted octanol–water partition coefficient (Wildman–Crippen LogP) is 1.93. The lowest BCUT2D eigenvalue weighted by Crippen LogP contribution is -2.14. The van der Waals surface area contributed by atoms with E-state index in [1.807, 2.05) is 10.9 Å². The van der Waals surface area contributed by atoms with Crippen molar-refractivity contribution in [2.75, 3.05) is 6.54 Å². The summed E-state index contributed by atoms with van der Waals surface area (Å²) in [6.45, 7) is 1.81. The molecule has 1 rings (SSSR count). The third-order valence-corrected chi connectivity index (χ3v) is 2.32. The van der Waals surface area contributed by atoms with Gasteiger partial charge in [-0.05, 0) is 19.4 Å². The maximum absolute atomic E-state index is 8.29. The van der Waals surface area contributed by atoms with E-state index in [-0.39, 0.29) is 0 Å². The van der Waals surface area contributed by atoms with Crippen LogP contribution in [0.5, 0.6) is 0 Å². The van der Waals surface area contributed by atoms with Crippen molar-refractivity contribution in [3.8, 4) is 6.07 Å². The summed E-state index contributed by atoms with van der Waals surface area (Å²) in [5.74, 6) is 0. The second kappa shape index (κ2) is 6.58. The molecule has 0 radical (unpaired) electrons. The first-order chi connectivity index (χ1) is 6.43. The first-order valence-corrected chi connectivity index (χ1v) is 5.32. The summed E-state index contributed by atoms with van der Waals surface area (Å²) in [4.78, 5) is 4.15. The van der Waals surface area contributed by atoms with Crippen molar-refractivity contribution in [2.45, 2.75) is 25.8 Å². The van der Waals surface area contributed by atoms with E-state index in [1.165, 1.54) is 0 Å². The molecular weight excluding hydrogens is 182 g/mol. The maximum atomic E-state index is 8.29. The van der Waals surface area contributed by atoms with Gasteiger partial charge < -0.3 is 5.32 Å². The van der Waals surface area contributed by atoms with Gasteiger partial charge in [-0.2, -0.15) is 5.26 Å². The Labute approximate surface area is 82.4 Å². The molecule has 1 heterocycles. The van der Waals surface area contributed by atoms with E-state index in [0.717, 1.165) is 31.6 Å². The van der Waals surface area contributed by atoms with Crippen molar-refractivity contribution in [3.63, 3.8) is 0 Å². The molecule has 0 aliphatic carbocycles. The minimum absolute atomic E-state index is 0.665. The summed E-state index contributed by atoms with van der Waals surface area (Å²) in [6.07, 6.45) is 2.72. The first-order valence-electron chi connectivity index (χ1n) is 4.38. The molecule has 70 valence electrons. The highest BCUT2D eigenvalue weighted by molar-refractivity contribution is 7.07. The zero-order valence-electron chi connectivity index (χ0n) is 7.49. The molecule has 3 nitrogen and oxygen atoms in total. The van der Waals surface area contributed by atoms with E-state index in [4.69, 9.17) is 5.26 Å². The van der Waals surface area contributed by atoms with Crippen LogP contribution in [0.25, 0.3) is 0 Å². The van der Waals surface area contributed by atoms with Crippen LogP contribution >= 0.6 is 11.3 Å². The number of unbranched alkanes of at least 4 members (excludes halogenated alkanes) is 2. The van der Waals surface area contributed by atoms with Gasteiger partial charge in [0.25, 0.3) is 0 Å². The highest BCUT2D eigenvalue weighted by Crippen LogP contribution is 2.00. The number of aromatic nitrogens is 1. The minimum Gasteiger partial charge on any atom is -0.311 e. The van der Waals surface area contributed by atoms with E-state index in [0.29, 0.717) is 6.42 Å². The Morgan fingerprint density at radius 3 is 3.15 bits per heavy atom. The SMILES string of the molecule is N#CCCCCNCc1cscn1. The van der Waals surface area contributed by atoms with Crippen LogP contribution in [0.4, 0.5) is 0 Å². The highest BCUT2D eigenvalue weighted by atomic mass is 32.1. The Hall–Kier alpha value is -0.920. The lowest BCUT2D eigenvalue weighted by atomic mass is 10.2. The fourth-order valence-electron chi connectivity index (χ4n) is 0.995. The minimum atomic E-state index is 0.665. The Bertz CT molecular complexity index is 250. The molecule has 0 atom stereocenters. The third kappa shape index (κ3) is 4.61. The van der Waals surface area contributed by atoms with Gasteiger partial charge in [-0.3, -0.25) is 0 Å². The van der Waals surface area contributed by atoms with Crippen LogP contribution in [-0.2, 0) is 6.54 Å². The Balaban J connectivity index is 1.94. The second-order valence-electron chi connectivity index (χ2n) is 2.77. The molecule has 0 unspecified atom stereocenters. The number of nitrogens with one attached hydrogen (secondary N) is 1. The zero-order chi connectivity index (χ0) is 9.36. The predicted molar refractivity (Wildman–Crippen MR) is 53.3 cm³/mol. The van der Waals surface area contributed by atoms with Gasteiger partial charge in [-0.1, -0.05) is 0 Å². The molecule has 0 saturated carbocycles. The monoisotopic (exact) mass is 195 g/mol. The lowest BCUT2D eigenvalue weighted by Gasteiger charge is -2.00. The van der Waals surface area contributed by atoms with Gasteiger partial charge in [0.2, 0.25) is 0 Å². The lowest BCUT2D eigenvalue weighted by molar-refractivity contribution is 0.623. The molecule has 0 aromatic carbocycles. The standard InChI is InChI=1S/C9H13N3S/c10-4-2-1-3-5-11-6-9-7-13-8-12-9/h7-8,11H,1-3,5-6H2. The van der Waals surface area contributed by atoms with Crippen LogP contribution in [0.1, 0.15) is 25.0 Å². The van der Waals surface area contributed by atoms with Gasteiger partial charge in [0.15, 0.2) is 0 Å². The van der Waals surface area contributed by atoms with Crippen molar-refractivity contribution in [1.29, 1.82) is 5.26 Å². The van der Waals surface area contributed by atoms with Crippen LogP contribution in [-0.4, -0.2) is 11.5 Å². The molecule has 0 saturated heterocycles. The molecule has 4 heteroatoms. The number of nitriles is 1. The topological polar surface area (TPSA) is 48.7 Å². The number of hydrogen-bond acceptors (Lipinski definition) is 4. The van der Waals surface area contributed by atoms with Gasteiger partial charge >= 0.3 is 0 Å². The molecule has 0 aliphatic rings. The average molecular weight is 195 g/mol. The first kappa shape index (κ1) is 10.2. The Morgan fingerprint density at radius 2 is 2.46 bits per heavy atom. The Morgan fingerprint density at radius 1 is 1.54 bits per heavy atom. The molecule has 0 aliphatic heterocycles. The van der Waals surface area contributed by atoms with E-state index in [9.17, 15) is 0 Å². The van der Waals surface area contributed by atoms with Crippen LogP contribution in [0.15, 0.2) is 10.9 Å². The van der Waals surface area contributed by atoms with Crippen molar-refractivity contribution in [2.24, 2.45) is 0 Å². The molecule has 1 aromatic heterocycles. The second-order valence-corrected chi connectivity index (χ2v) is 3.49. The molecule has 13 heavy (non-hydrogen) atoms. The number of hydrogen-bond donors (Lipinski definition) is 1. The largest absolute Gasteiger partial charge is 0.311 e. The van der Waals surface area contributed by atoms with Gasteiger partial charge in [-0.25, -0.2) is 4.98 Å². The van der Waals surface area contributed by atoms with Gasteiger partial charge in [0.1, 0.15) is 0 Å². The molecular formula is C9H13N3S. The van der Waals surface area contributed by atoms with E-state index < -0.39 is 0 Å². The summed E-state index contributed by atoms with van der Waals surface area (Å²) in [7, 11) is 0. The fourth-order valence-corrected chi connectivity index (χ4v) is 1.55. The van der Waals surface area contributed by atoms with Gasteiger partial charge in [0.05, 0.1) is 17.3 Å². The van der Waals surface area contributed by atoms with Crippen molar-refractivity contribution < 1.29 is 0 Å². The number of nitrogens with zero attached hydrogens (tertiary/aromatic N) is 2. The quantitative estimate of drug-likeness (QED) is 0.705. The fraction of sp³-hybridized carbons (Fsp3) is 0.556. The summed E-state index contributed by atoms with van der Waals surface area (Å²) < 4.78 is 0. The summed E-state index contributed by atoms with van der Waals surface area (Å²) in [5.41, 5.74) is 2.94. The molecule has 0 fully saturated rings. The molecule has 1 aromatic rings. The van der Waals surface area contributed by atoms with E-state index in [1.54, 1.807) is 11.3 Å². The van der Waals surface area contributed by atoms with Crippen molar-refractivity contribution in [1.82, 2.24) is 10.3 Å². The summed E-state index contributed by atoms with van der Waals surface area (Å²) >= 11 is 1.62.